The van der Waals surface area contributed by atoms with E-state index in [4.69, 9.17) is 4.74 Å². The number of phenolic OH excluding ortho intramolecular Hbond substituents is 1. The lowest BCUT2D eigenvalue weighted by atomic mass is 9.90. The van der Waals surface area contributed by atoms with Gasteiger partial charge in [-0.05, 0) is 111 Å². The Balaban J connectivity index is 1.51. The maximum absolute atomic E-state index is 10.4. The summed E-state index contributed by atoms with van der Waals surface area (Å²) < 4.78 is 7.12. The van der Waals surface area contributed by atoms with Crippen molar-refractivity contribution in [2.45, 2.75) is 32.7 Å². The molecule has 5 heteroatoms. The number of likely N-dealkylation sites (tertiary alicyclic amines) is 1. The Labute approximate surface area is 212 Å². The Morgan fingerprint density at radius 3 is 2.35 bits per heavy atom. The predicted octanol–water partition coefficient (Wildman–Crippen LogP) is 6.26. The van der Waals surface area contributed by atoms with Crippen molar-refractivity contribution < 1.29 is 9.84 Å². The van der Waals surface area contributed by atoms with Crippen LogP contribution in [-0.4, -0.2) is 55.2 Å². The van der Waals surface area contributed by atoms with Gasteiger partial charge in [0, 0.05) is 17.6 Å². The molecule has 4 nitrogen and oxygen atoms in total. The summed E-state index contributed by atoms with van der Waals surface area (Å²) in [4.78, 5) is 4.63. The average Bonchev–Trinajstić information content (AvgIpc) is 3.32. The molecule has 0 unspecified atom stereocenters. The molecule has 1 saturated heterocycles. The van der Waals surface area contributed by atoms with E-state index in [1.807, 2.05) is 25.1 Å². The summed E-state index contributed by atoms with van der Waals surface area (Å²) in [6.07, 6.45) is 3.40. The lowest BCUT2D eigenvalue weighted by Crippen LogP contribution is -2.25. The Morgan fingerprint density at radius 2 is 1.68 bits per heavy atom. The zero-order chi connectivity index (χ0) is 24.1. The number of ether oxygens (including phenoxy) is 1. The first kappa shape index (κ1) is 24.8. The van der Waals surface area contributed by atoms with Gasteiger partial charge in [0.25, 0.3) is 0 Å². The highest BCUT2D eigenvalue weighted by Gasteiger charge is 2.14. The van der Waals surface area contributed by atoms with Gasteiger partial charge < -0.3 is 14.7 Å². The summed E-state index contributed by atoms with van der Waals surface area (Å²) in [6.45, 7) is 6.98. The normalized spacial score (nSPS) is 14.1. The highest BCUT2D eigenvalue weighted by molar-refractivity contribution is 9.10. The quantitative estimate of drug-likeness (QED) is 0.359. The van der Waals surface area contributed by atoms with Gasteiger partial charge in [-0.1, -0.05) is 46.3 Å². The predicted molar refractivity (Wildman–Crippen MR) is 144 cm³/mol. The van der Waals surface area contributed by atoms with Crippen LogP contribution in [0.25, 0.3) is 11.1 Å². The van der Waals surface area contributed by atoms with Gasteiger partial charge in [0.15, 0.2) is 0 Å². The molecule has 3 aromatic carbocycles. The van der Waals surface area contributed by atoms with Gasteiger partial charge in [-0.3, -0.25) is 4.90 Å². The third-order valence-corrected chi connectivity index (χ3v) is 7.28. The van der Waals surface area contributed by atoms with Crippen molar-refractivity contribution in [3.05, 3.63) is 81.3 Å². The molecule has 1 heterocycles. The second-order valence-electron chi connectivity index (χ2n) is 9.51. The number of nitrogens with zero attached hydrogens (tertiary/aromatic N) is 2. The highest BCUT2D eigenvalue weighted by Crippen LogP contribution is 2.35. The van der Waals surface area contributed by atoms with Crippen LogP contribution in [0.15, 0.2) is 59.1 Å². The first-order valence-electron chi connectivity index (χ1n) is 12.1. The third-order valence-electron chi connectivity index (χ3n) is 6.54. The molecule has 0 aliphatic carbocycles. The van der Waals surface area contributed by atoms with Crippen molar-refractivity contribution in [3.63, 3.8) is 0 Å². The molecular weight excluding hydrogens is 488 g/mol. The van der Waals surface area contributed by atoms with Gasteiger partial charge in [0.05, 0.1) is 0 Å². The number of aromatic hydroxyl groups is 1. The van der Waals surface area contributed by atoms with Crippen LogP contribution in [0.1, 0.15) is 35.1 Å². The topological polar surface area (TPSA) is 35.9 Å². The fourth-order valence-corrected chi connectivity index (χ4v) is 5.26. The van der Waals surface area contributed by atoms with Gasteiger partial charge in [-0.15, -0.1) is 0 Å². The maximum atomic E-state index is 10.4. The van der Waals surface area contributed by atoms with Gasteiger partial charge in [0.2, 0.25) is 0 Å². The van der Waals surface area contributed by atoms with Crippen LogP contribution in [0.4, 0.5) is 0 Å². The molecule has 1 N–H and O–H groups in total. The van der Waals surface area contributed by atoms with Gasteiger partial charge in [-0.25, -0.2) is 0 Å². The molecule has 0 aromatic heterocycles. The van der Waals surface area contributed by atoms with Crippen molar-refractivity contribution in [1.29, 1.82) is 0 Å². The summed E-state index contributed by atoms with van der Waals surface area (Å²) in [6, 6.07) is 18.7. The van der Waals surface area contributed by atoms with E-state index in [1.165, 1.54) is 42.6 Å². The van der Waals surface area contributed by atoms with Crippen LogP contribution in [0.3, 0.4) is 0 Å². The van der Waals surface area contributed by atoms with Gasteiger partial charge >= 0.3 is 0 Å². The molecule has 0 bridgehead atoms. The smallest absolute Gasteiger partial charge is 0.119 e. The molecule has 180 valence electrons. The fourth-order valence-electron chi connectivity index (χ4n) is 4.71. The minimum atomic E-state index is 0.326. The summed E-state index contributed by atoms with van der Waals surface area (Å²) >= 11 is 3.74. The Bertz CT molecular complexity index is 1110. The number of phenols is 1. The monoisotopic (exact) mass is 522 g/mol. The minimum Gasteiger partial charge on any atom is -0.508 e. The Hall–Kier alpha value is -2.34. The number of benzene rings is 3. The zero-order valence-electron chi connectivity index (χ0n) is 20.5. The number of hydrogen-bond donors (Lipinski definition) is 1. The molecule has 1 aliphatic heterocycles. The Morgan fingerprint density at radius 1 is 0.971 bits per heavy atom. The van der Waals surface area contributed by atoms with Crippen molar-refractivity contribution in [1.82, 2.24) is 9.80 Å². The summed E-state index contributed by atoms with van der Waals surface area (Å²) in [5.74, 6) is 1.22. The number of hydrogen-bond acceptors (Lipinski definition) is 4. The lowest BCUT2D eigenvalue weighted by molar-refractivity contribution is 0.238. The maximum Gasteiger partial charge on any atom is 0.119 e. The number of halogens is 1. The minimum absolute atomic E-state index is 0.326. The molecule has 0 atom stereocenters. The van der Waals surface area contributed by atoms with Crippen molar-refractivity contribution in [2.75, 3.05) is 40.3 Å². The first-order valence-corrected chi connectivity index (χ1v) is 12.9. The first-order chi connectivity index (χ1) is 16.4. The molecule has 0 saturated carbocycles. The van der Waals surface area contributed by atoms with Crippen LogP contribution in [0, 0.1) is 6.92 Å². The highest BCUT2D eigenvalue weighted by atomic mass is 79.9. The molecule has 3 aromatic rings. The molecule has 0 amide bonds. The average molecular weight is 524 g/mol. The van der Waals surface area contributed by atoms with E-state index in [0.717, 1.165) is 46.4 Å². The van der Waals surface area contributed by atoms with E-state index in [-0.39, 0.29) is 0 Å². The largest absolute Gasteiger partial charge is 0.508 e. The molecule has 34 heavy (non-hydrogen) atoms. The van der Waals surface area contributed by atoms with Gasteiger partial charge in [0.1, 0.15) is 18.1 Å². The van der Waals surface area contributed by atoms with E-state index in [1.54, 1.807) is 6.07 Å². The van der Waals surface area contributed by atoms with E-state index in [0.29, 0.717) is 12.4 Å². The van der Waals surface area contributed by atoms with Crippen LogP contribution in [0.2, 0.25) is 0 Å². The molecule has 0 radical (unpaired) electrons. The third kappa shape index (κ3) is 6.21. The van der Waals surface area contributed by atoms with Crippen LogP contribution < -0.4 is 4.74 Å². The van der Waals surface area contributed by atoms with E-state index in [9.17, 15) is 5.11 Å². The Kier molecular flexibility index (Phi) is 8.30. The second-order valence-corrected chi connectivity index (χ2v) is 10.4. The standard InChI is InChI=1S/C29H35BrN2O2/c1-21-28(33)13-10-24(18-22-6-7-25(20-31(2)3)27(30)19-22)29(21)23-8-11-26(12-9-23)34-17-16-32-14-4-5-15-32/h6-13,19,33H,4-5,14-18,20H2,1-3H3. The molecular formula is C29H35BrN2O2. The van der Waals surface area contributed by atoms with Gasteiger partial charge in [-0.2, -0.15) is 0 Å². The summed E-state index contributed by atoms with van der Waals surface area (Å²) in [7, 11) is 4.16. The van der Waals surface area contributed by atoms with Crippen molar-refractivity contribution >= 4 is 15.9 Å². The molecule has 1 aliphatic rings. The van der Waals surface area contributed by atoms with Crippen LogP contribution in [-0.2, 0) is 13.0 Å². The van der Waals surface area contributed by atoms with E-state index in [2.05, 4.69) is 70.2 Å². The molecule has 0 spiro atoms. The lowest BCUT2D eigenvalue weighted by Gasteiger charge is -2.17. The van der Waals surface area contributed by atoms with Crippen molar-refractivity contribution in [2.24, 2.45) is 0 Å². The van der Waals surface area contributed by atoms with Crippen molar-refractivity contribution in [3.8, 4) is 22.6 Å². The molecule has 4 rings (SSSR count). The summed E-state index contributed by atoms with van der Waals surface area (Å²) in [5, 5.41) is 10.4. The molecule has 1 fully saturated rings. The zero-order valence-corrected chi connectivity index (χ0v) is 22.1. The SMILES string of the molecule is Cc1c(O)ccc(Cc2ccc(CN(C)C)c(Br)c2)c1-c1ccc(OCCN2CCCC2)cc1. The fraction of sp³-hybridized carbons (Fsp3) is 0.379. The van der Waals surface area contributed by atoms with E-state index >= 15 is 0 Å². The number of rotatable bonds is 9. The van der Waals surface area contributed by atoms with E-state index < -0.39 is 0 Å². The summed E-state index contributed by atoms with van der Waals surface area (Å²) in [5.41, 5.74) is 6.81. The second kappa shape index (κ2) is 11.4. The van der Waals surface area contributed by atoms with Crippen LogP contribution >= 0.6 is 15.9 Å². The van der Waals surface area contributed by atoms with Crippen LogP contribution in [0.5, 0.6) is 11.5 Å².